The smallest absolute Gasteiger partial charge is 0.283 e. The second-order valence-electron chi connectivity index (χ2n) is 6.35. The average molecular weight is 393 g/mol. The zero-order chi connectivity index (χ0) is 19.8. The molecule has 0 bridgehead atoms. The van der Waals surface area contributed by atoms with E-state index in [1.54, 1.807) is 11.6 Å². The highest BCUT2D eigenvalue weighted by Gasteiger charge is 2.32. The zero-order valence-corrected chi connectivity index (χ0v) is 16.6. The van der Waals surface area contributed by atoms with Gasteiger partial charge in [-0.15, -0.1) is 0 Å². The number of aryl methyl sites for hydroxylation is 1. The highest BCUT2D eigenvalue weighted by molar-refractivity contribution is 8.25. The van der Waals surface area contributed by atoms with Gasteiger partial charge in [0.15, 0.2) is 11.0 Å². The van der Waals surface area contributed by atoms with Gasteiger partial charge in [0.25, 0.3) is 5.91 Å². The van der Waals surface area contributed by atoms with E-state index in [-0.39, 0.29) is 11.4 Å². The van der Waals surface area contributed by atoms with Crippen molar-refractivity contribution in [3.05, 3.63) is 52.9 Å². The number of carbonyl (C=O) groups excluding carboxylic acids is 1. The first-order chi connectivity index (χ1) is 13.5. The number of ether oxygens (including phenoxy) is 1. The van der Waals surface area contributed by atoms with Crippen LogP contribution in [0.1, 0.15) is 23.9 Å². The van der Waals surface area contributed by atoms with E-state index in [0.29, 0.717) is 11.8 Å². The quantitative estimate of drug-likeness (QED) is 0.802. The third-order valence-electron chi connectivity index (χ3n) is 4.57. The first-order valence-electron chi connectivity index (χ1n) is 8.84. The van der Waals surface area contributed by atoms with E-state index in [4.69, 9.17) is 10.1 Å². The van der Waals surface area contributed by atoms with Crippen molar-refractivity contribution in [3.8, 4) is 11.4 Å². The lowest BCUT2D eigenvalue weighted by Crippen LogP contribution is -2.35. The van der Waals surface area contributed by atoms with Crippen molar-refractivity contribution < 1.29 is 9.53 Å². The van der Waals surface area contributed by atoms with Crippen LogP contribution in [0, 0.1) is 19.3 Å². The lowest BCUT2D eigenvalue weighted by atomic mass is 10.1. The van der Waals surface area contributed by atoms with Crippen LogP contribution in [0.3, 0.4) is 0 Å². The summed E-state index contributed by atoms with van der Waals surface area (Å²) in [5, 5.41) is 14.2. The highest BCUT2D eigenvalue weighted by atomic mass is 32.2. The topological polar surface area (TPSA) is 83.0 Å². The summed E-state index contributed by atoms with van der Waals surface area (Å²) in [6, 6.07) is 9.89. The van der Waals surface area contributed by atoms with Crippen LogP contribution >= 0.6 is 11.8 Å². The fraction of sp³-hybridized carbons (Fsp3) is 0.200. The van der Waals surface area contributed by atoms with Gasteiger partial charge in [-0.2, -0.15) is 15.1 Å². The Hall–Kier alpha value is -3.13. The summed E-state index contributed by atoms with van der Waals surface area (Å²) in [7, 11) is 0. The Morgan fingerprint density at radius 1 is 1.25 bits per heavy atom. The van der Waals surface area contributed by atoms with E-state index < -0.39 is 5.91 Å². The van der Waals surface area contributed by atoms with Crippen LogP contribution in [0.4, 0.5) is 0 Å². The van der Waals surface area contributed by atoms with Gasteiger partial charge >= 0.3 is 0 Å². The van der Waals surface area contributed by atoms with Crippen LogP contribution in [0.15, 0.2) is 46.0 Å². The largest absolute Gasteiger partial charge is 0.494 e. The monoisotopic (exact) mass is 393 g/mol. The number of nitrogens with one attached hydrogen (secondary N) is 1. The number of amides is 1. The molecule has 0 saturated heterocycles. The first kappa shape index (κ1) is 18.2. The fourth-order valence-corrected chi connectivity index (χ4v) is 3.89. The van der Waals surface area contributed by atoms with Crippen molar-refractivity contribution in [1.82, 2.24) is 9.58 Å². The summed E-state index contributed by atoms with van der Waals surface area (Å²) < 4.78 is 7.62. The van der Waals surface area contributed by atoms with Gasteiger partial charge in [-0.25, -0.2) is 0 Å². The Morgan fingerprint density at radius 2 is 2.00 bits per heavy atom. The minimum absolute atomic E-state index is 0.0436. The maximum atomic E-state index is 12.4. The molecule has 7 nitrogen and oxygen atoms in total. The van der Waals surface area contributed by atoms with Crippen LogP contribution in [-0.2, 0) is 4.79 Å². The lowest BCUT2D eigenvalue weighted by Gasteiger charge is -2.20. The summed E-state index contributed by atoms with van der Waals surface area (Å²) in [5.74, 6) is 0.456. The van der Waals surface area contributed by atoms with E-state index >= 15 is 0 Å². The molecule has 1 aromatic carbocycles. The van der Waals surface area contributed by atoms with Gasteiger partial charge in [0.1, 0.15) is 5.75 Å². The van der Waals surface area contributed by atoms with Crippen molar-refractivity contribution in [2.75, 3.05) is 6.61 Å². The van der Waals surface area contributed by atoms with Crippen molar-refractivity contribution >= 4 is 40.3 Å². The summed E-state index contributed by atoms with van der Waals surface area (Å²) >= 11 is 1.23. The molecular formula is C20H19N5O2S. The van der Waals surface area contributed by atoms with Gasteiger partial charge in [-0.3, -0.25) is 10.2 Å². The van der Waals surface area contributed by atoms with E-state index in [2.05, 4.69) is 14.7 Å². The van der Waals surface area contributed by atoms with Gasteiger partial charge in [-0.1, -0.05) is 0 Å². The van der Waals surface area contributed by atoms with Gasteiger partial charge in [0, 0.05) is 17.1 Å². The molecule has 0 radical (unpaired) electrons. The number of aliphatic imine (C=N–C) groups is 1. The Balaban J connectivity index is 1.71. The highest BCUT2D eigenvalue weighted by Crippen LogP contribution is 2.28. The normalized spacial score (nSPS) is 17.3. The molecule has 0 spiro atoms. The van der Waals surface area contributed by atoms with Gasteiger partial charge in [0.05, 0.1) is 17.7 Å². The maximum Gasteiger partial charge on any atom is 0.283 e. The Morgan fingerprint density at radius 3 is 2.71 bits per heavy atom. The zero-order valence-electron chi connectivity index (χ0n) is 15.8. The third-order valence-corrected chi connectivity index (χ3v) is 5.25. The predicted octanol–water partition coefficient (Wildman–Crippen LogP) is 3.74. The molecule has 2 aliphatic heterocycles. The van der Waals surface area contributed by atoms with Gasteiger partial charge in [-0.05, 0) is 74.5 Å². The van der Waals surface area contributed by atoms with Crippen LogP contribution in [0.2, 0.25) is 0 Å². The van der Waals surface area contributed by atoms with Crippen molar-refractivity contribution in [2.45, 2.75) is 20.8 Å². The number of carbonyl (C=O) groups is 1. The van der Waals surface area contributed by atoms with Crippen LogP contribution in [-0.4, -0.2) is 38.6 Å². The molecule has 2 aliphatic rings. The number of amidine groups is 2. The van der Waals surface area contributed by atoms with E-state index in [9.17, 15) is 4.79 Å². The number of hydrazone groups is 1. The Bertz CT molecular complexity index is 1060. The van der Waals surface area contributed by atoms with E-state index in [1.165, 1.54) is 16.8 Å². The molecule has 1 aromatic heterocycles. The molecular weight excluding hydrogens is 374 g/mol. The minimum Gasteiger partial charge on any atom is -0.494 e. The molecule has 0 fully saturated rings. The van der Waals surface area contributed by atoms with E-state index in [1.807, 2.05) is 51.1 Å². The fourth-order valence-electron chi connectivity index (χ4n) is 3.28. The second-order valence-corrected chi connectivity index (χ2v) is 7.16. The average Bonchev–Trinajstić information content (AvgIpc) is 3.24. The number of thioether (sulfide) groups is 1. The molecule has 1 N–H and O–H groups in total. The Labute approximate surface area is 166 Å². The summed E-state index contributed by atoms with van der Waals surface area (Å²) in [6.07, 6.45) is 1.72. The third kappa shape index (κ3) is 3.05. The number of aromatic nitrogens is 1. The Kier molecular flexibility index (Phi) is 4.64. The van der Waals surface area contributed by atoms with Gasteiger partial charge < -0.3 is 9.30 Å². The molecule has 142 valence electrons. The van der Waals surface area contributed by atoms with Gasteiger partial charge in [0.2, 0.25) is 0 Å². The van der Waals surface area contributed by atoms with Crippen LogP contribution < -0.4 is 4.74 Å². The molecule has 8 heteroatoms. The molecule has 1 amide bonds. The molecule has 0 aliphatic carbocycles. The molecule has 3 heterocycles. The number of rotatable bonds is 4. The summed E-state index contributed by atoms with van der Waals surface area (Å²) in [4.78, 5) is 16.4. The SMILES string of the molecule is CCOc1ccc(-n2c(C)cc(C=C3C(=N)N4N=CSC4=NC3=O)c2C)cc1. The molecule has 0 atom stereocenters. The number of benzene rings is 1. The lowest BCUT2D eigenvalue weighted by molar-refractivity contribution is -0.114. The van der Waals surface area contributed by atoms with Crippen LogP contribution in [0.5, 0.6) is 5.75 Å². The molecule has 4 rings (SSSR count). The van der Waals surface area contributed by atoms with Crippen molar-refractivity contribution in [3.63, 3.8) is 0 Å². The standard InChI is InChI=1S/C20H19N5O2S/c1-4-27-16-7-5-15(6-8-16)24-12(2)9-14(13(24)3)10-17-18(21)25-20(23-19(17)26)28-11-22-25/h5-11,21H,4H2,1-3H3. The molecule has 28 heavy (non-hydrogen) atoms. The van der Waals surface area contributed by atoms with E-state index in [0.717, 1.165) is 28.4 Å². The predicted molar refractivity (Wildman–Crippen MR) is 112 cm³/mol. The second kappa shape index (κ2) is 7.12. The number of fused-ring (bicyclic) bond motifs is 1. The minimum atomic E-state index is -0.417. The molecule has 0 saturated carbocycles. The molecule has 2 aromatic rings. The first-order valence-corrected chi connectivity index (χ1v) is 9.72. The summed E-state index contributed by atoms with van der Waals surface area (Å²) in [6.45, 7) is 6.59. The number of hydrogen-bond acceptors (Lipinski definition) is 5. The summed E-state index contributed by atoms with van der Waals surface area (Å²) in [5.41, 5.74) is 5.69. The molecule has 0 unspecified atom stereocenters. The maximum absolute atomic E-state index is 12.4. The van der Waals surface area contributed by atoms with Crippen molar-refractivity contribution in [1.29, 1.82) is 5.41 Å². The van der Waals surface area contributed by atoms with Crippen molar-refractivity contribution in [2.24, 2.45) is 10.1 Å². The number of hydrogen-bond donors (Lipinski definition) is 1. The number of nitrogens with zero attached hydrogens (tertiary/aromatic N) is 4. The van der Waals surface area contributed by atoms with Crippen LogP contribution in [0.25, 0.3) is 11.8 Å².